The van der Waals surface area contributed by atoms with Crippen LogP contribution in [0.25, 0.3) is 0 Å². The van der Waals surface area contributed by atoms with E-state index in [0.717, 1.165) is 5.56 Å². The summed E-state index contributed by atoms with van der Waals surface area (Å²) in [5.74, 6) is 1.77. The number of hydrogen-bond donors (Lipinski definition) is 0. The Labute approximate surface area is 124 Å². The molecule has 6 nitrogen and oxygen atoms in total. The van der Waals surface area contributed by atoms with E-state index in [-0.39, 0.29) is 30.4 Å². The van der Waals surface area contributed by atoms with Gasteiger partial charge in [-0.3, -0.25) is 14.3 Å². The molecule has 0 aromatic carbocycles. The zero-order valence-corrected chi connectivity index (χ0v) is 12.3. The van der Waals surface area contributed by atoms with Crippen LogP contribution in [0.1, 0.15) is 30.9 Å². The molecule has 2 heterocycles. The summed E-state index contributed by atoms with van der Waals surface area (Å²) < 4.78 is 6.87. The summed E-state index contributed by atoms with van der Waals surface area (Å²) in [6.45, 7) is 0.212. The number of terminal acetylenes is 1. The number of nitrogens with zero attached hydrogens (tertiary/aromatic N) is 3. The fourth-order valence-electron chi connectivity index (χ4n) is 2.65. The SMILES string of the molecule is C#CCCOC(=O)C1CCC(=O)N(C)C1c1cnn(C)c1. The molecular weight excluding hydrogens is 270 g/mol. The lowest BCUT2D eigenvalue weighted by Gasteiger charge is -2.37. The molecule has 0 bridgehead atoms. The Morgan fingerprint density at radius 2 is 2.33 bits per heavy atom. The third-order valence-corrected chi connectivity index (χ3v) is 3.72. The first-order valence-electron chi connectivity index (χ1n) is 6.89. The summed E-state index contributed by atoms with van der Waals surface area (Å²) >= 11 is 0. The van der Waals surface area contributed by atoms with Gasteiger partial charge in [-0.1, -0.05) is 0 Å². The van der Waals surface area contributed by atoms with Gasteiger partial charge in [0, 0.05) is 38.7 Å². The quantitative estimate of drug-likeness (QED) is 0.469. The van der Waals surface area contributed by atoms with Crippen molar-refractivity contribution >= 4 is 11.9 Å². The summed E-state index contributed by atoms with van der Waals surface area (Å²) in [5.41, 5.74) is 0.840. The van der Waals surface area contributed by atoms with Crippen molar-refractivity contribution in [3.8, 4) is 12.3 Å². The van der Waals surface area contributed by atoms with Crippen molar-refractivity contribution in [2.75, 3.05) is 13.7 Å². The molecule has 0 saturated carbocycles. The van der Waals surface area contributed by atoms with Crippen LogP contribution in [0.4, 0.5) is 0 Å². The predicted molar refractivity (Wildman–Crippen MR) is 75.9 cm³/mol. The number of aromatic nitrogens is 2. The van der Waals surface area contributed by atoms with Crippen molar-refractivity contribution in [1.29, 1.82) is 0 Å². The molecule has 6 heteroatoms. The van der Waals surface area contributed by atoms with E-state index >= 15 is 0 Å². The highest BCUT2D eigenvalue weighted by molar-refractivity contribution is 5.82. The lowest BCUT2D eigenvalue weighted by Crippen LogP contribution is -2.43. The number of esters is 1. The van der Waals surface area contributed by atoms with Crippen molar-refractivity contribution in [3.63, 3.8) is 0 Å². The molecule has 1 amide bonds. The number of ether oxygens (including phenoxy) is 1. The normalized spacial score (nSPS) is 22.0. The van der Waals surface area contributed by atoms with Gasteiger partial charge in [-0.2, -0.15) is 5.10 Å². The average Bonchev–Trinajstić information content (AvgIpc) is 2.88. The molecule has 2 unspecified atom stereocenters. The Balaban J connectivity index is 2.19. The van der Waals surface area contributed by atoms with E-state index in [9.17, 15) is 9.59 Å². The molecule has 0 radical (unpaired) electrons. The van der Waals surface area contributed by atoms with Crippen LogP contribution < -0.4 is 0 Å². The van der Waals surface area contributed by atoms with E-state index in [4.69, 9.17) is 11.2 Å². The molecule has 1 aromatic heterocycles. The third kappa shape index (κ3) is 3.24. The van der Waals surface area contributed by atoms with Crippen molar-refractivity contribution in [3.05, 3.63) is 18.0 Å². The summed E-state index contributed by atoms with van der Waals surface area (Å²) in [6, 6.07) is -0.335. The minimum absolute atomic E-state index is 0.0246. The van der Waals surface area contributed by atoms with E-state index in [1.165, 1.54) is 0 Å². The van der Waals surface area contributed by atoms with Gasteiger partial charge in [-0.15, -0.1) is 12.3 Å². The zero-order valence-electron chi connectivity index (χ0n) is 12.3. The summed E-state index contributed by atoms with van der Waals surface area (Å²) in [4.78, 5) is 25.8. The molecule has 1 aromatic rings. The number of hydrogen-bond acceptors (Lipinski definition) is 4. The van der Waals surface area contributed by atoms with Crippen LogP contribution in [0.3, 0.4) is 0 Å². The second-order valence-corrected chi connectivity index (χ2v) is 5.16. The maximum Gasteiger partial charge on any atom is 0.311 e. The lowest BCUT2D eigenvalue weighted by atomic mass is 9.86. The van der Waals surface area contributed by atoms with E-state index < -0.39 is 0 Å². The average molecular weight is 289 g/mol. The van der Waals surface area contributed by atoms with Crippen molar-refractivity contribution < 1.29 is 14.3 Å². The van der Waals surface area contributed by atoms with Gasteiger partial charge >= 0.3 is 5.97 Å². The van der Waals surface area contributed by atoms with Gasteiger partial charge < -0.3 is 9.64 Å². The highest BCUT2D eigenvalue weighted by atomic mass is 16.5. The molecule has 112 valence electrons. The second kappa shape index (κ2) is 6.44. The molecule has 1 aliphatic heterocycles. The van der Waals surface area contributed by atoms with E-state index in [1.807, 2.05) is 6.20 Å². The maximum atomic E-state index is 12.3. The van der Waals surface area contributed by atoms with Crippen LogP contribution in [0.5, 0.6) is 0 Å². The second-order valence-electron chi connectivity index (χ2n) is 5.16. The van der Waals surface area contributed by atoms with Gasteiger partial charge in [-0.25, -0.2) is 0 Å². The number of carbonyl (C=O) groups is 2. The maximum absolute atomic E-state index is 12.3. The number of piperidine rings is 1. The fourth-order valence-corrected chi connectivity index (χ4v) is 2.65. The number of rotatable bonds is 4. The number of aryl methyl sites for hydroxylation is 1. The first kappa shape index (κ1) is 15.1. The lowest BCUT2D eigenvalue weighted by molar-refractivity contribution is -0.156. The van der Waals surface area contributed by atoms with E-state index in [1.54, 1.807) is 29.9 Å². The largest absolute Gasteiger partial charge is 0.464 e. The van der Waals surface area contributed by atoms with Gasteiger partial charge in [0.25, 0.3) is 0 Å². The van der Waals surface area contributed by atoms with Crippen molar-refractivity contribution in [1.82, 2.24) is 14.7 Å². The Morgan fingerprint density at radius 1 is 1.57 bits per heavy atom. The van der Waals surface area contributed by atoms with E-state index in [2.05, 4.69) is 11.0 Å². The summed E-state index contributed by atoms with van der Waals surface area (Å²) in [6.07, 6.45) is 9.88. The standard InChI is InChI=1S/C15H19N3O3/c1-4-5-8-21-15(20)12-6-7-13(19)18(3)14(12)11-9-16-17(2)10-11/h1,9-10,12,14H,5-8H2,2-3H3. The van der Waals surface area contributed by atoms with Gasteiger partial charge in [0.2, 0.25) is 5.91 Å². The third-order valence-electron chi connectivity index (χ3n) is 3.72. The Kier molecular flexibility index (Phi) is 4.63. The Morgan fingerprint density at radius 3 is 2.95 bits per heavy atom. The Hall–Kier alpha value is -2.29. The first-order chi connectivity index (χ1) is 10.0. The van der Waals surface area contributed by atoms with Crippen molar-refractivity contribution in [2.45, 2.75) is 25.3 Å². The van der Waals surface area contributed by atoms with E-state index in [0.29, 0.717) is 19.3 Å². The minimum Gasteiger partial charge on any atom is -0.464 e. The minimum atomic E-state index is -0.380. The van der Waals surface area contributed by atoms with Gasteiger partial charge in [-0.05, 0) is 6.42 Å². The van der Waals surface area contributed by atoms with Crippen molar-refractivity contribution in [2.24, 2.45) is 13.0 Å². The Bertz CT molecular complexity index is 573. The zero-order chi connectivity index (χ0) is 15.4. The van der Waals surface area contributed by atoms with Gasteiger partial charge in [0.15, 0.2) is 0 Å². The number of likely N-dealkylation sites (tertiary alicyclic amines) is 1. The molecule has 21 heavy (non-hydrogen) atoms. The van der Waals surface area contributed by atoms with Gasteiger partial charge in [0.1, 0.15) is 6.61 Å². The van der Waals surface area contributed by atoms with Crippen LogP contribution in [0.15, 0.2) is 12.4 Å². The van der Waals surface area contributed by atoms with Crippen LogP contribution in [0, 0.1) is 18.3 Å². The predicted octanol–water partition coefficient (Wildman–Crippen LogP) is 0.896. The molecule has 2 atom stereocenters. The molecule has 1 saturated heterocycles. The van der Waals surface area contributed by atoms with Crippen LogP contribution in [-0.4, -0.2) is 40.2 Å². The molecular formula is C15H19N3O3. The highest BCUT2D eigenvalue weighted by Gasteiger charge is 2.40. The first-order valence-corrected chi connectivity index (χ1v) is 6.89. The highest BCUT2D eigenvalue weighted by Crippen LogP contribution is 2.36. The molecule has 1 fully saturated rings. The van der Waals surface area contributed by atoms with Gasteiger partial charge in [0.05, 0.1) is 18.2 Å². The monoisotopic (exact) mass is 289 g/mol. The molecule has 0 N–H and O–H groups in total. The molecule has 0 aliphatic carbocycles. The molecule has 2 rings (SSSR count). The topological polar surface area (TPSA) is 64.4 Å². The van der Waals surface area contributed by atoms with Crippen LogP contribution >= 0.6 is 0 Å². The summed E-state index contributed by atoms with van der Waals surface area (Å²) in [7, 11) is 3.51. The summed E-state index contributed by atoms with van der Waals surface area (Å²) in [5, 5.41) is 4.12. The van der Waals surface area contributed by atoms with Crippen LogP contribution in [-0.2, 0) is 21.4 Å². The molecule has 0 spiro atoms. The fraction of sp³-hybridized carbons (Fsp3) is 0.533. The number of amides is 1. The number of carbonyl (C=O) groups excluding carboxylic acids is 2. The smallest absolute Gasteiger partial charge is 0.311 e. The molecule has 1 aliphatic rings. The van der Waals surface area contributed by atoms with Crippen LogP contribution in [0.2, 0.25) is 0 Å².